The van der Waals surface area contributed by atoms with Gasteiger partial charge in [-0.2, -0.15) is 13.2 Å². The van der Waals surface area contributed by atoms with Gasteiger partial charge in [-0.1, -0.05) is 12.1 Å². The third-order valence-electron chi connectivity index (χ3n) is 2.44. The van der Waals surface area contributed by atoms with Crippen LogP contribution in [0.5, 0.6) is 5.75 Å². The van der Waals surface area contributed by atoms with E-state index in [0.717, 1.165) is 0 Å². The molecule has 0 bridgehead atoms. The van der Waals surface area contributed by atoms with Crippen LogP contribution in [0.25, 0.3) is 0 Å². The molecule has 0 saturated carbocycles. The SMILES string of the molecule is CC(C)Oc1ccc(C(O)CCOCC(F)(F)F)cc1. The van der Waals surface area contributed by atoms with Gasteiger partial charge in [0.25, 0.3) is 0 Å². The summed E-state index contributed by atoms with van der Waals surface area (Å²) in [6.07, 6.45) is -5.01. The molecular weight excluding hydrogens is 273 g/mol. The lowest BCUT2D eigenvalue weighted by Gasteiger charge is -2.14. The summed E-state index contributed by atoms with van der Waals surface area (Å²) in [4.78, 5) is 0. The molecule has 0 aromatic heterocycles. The highest BCUT2D eigenvalue weighted by Crippen LogP contribution is 2.21. The van der Waals surface area contributed by atoms with Crippen molar-refractivity contribution >= 4 is 0 Å². The largest absolute Gasteiger partial charge is 0.491 e. The maximum Gasteiger partial charge on any atom is 0.411 e. The first-order chi connectivity index (χ1) is 9.28. The molecule has 1 unspecified atom stereocenters. The molecule has 20 heavy (non-hydrogen) atoms. The average molecular weight is 292 g/mol. The van der Waals surface area contributed by atoms with Gasteiger partial charge in [-0.15, -0.1) is 0 Å². The van der Waals surface area contributed by atoms with Crippen LogP contribution >= 0.6 is 0 Å². The Bertz CT molecular complexity index is 388. The quantitative estimate of drug-likeness (QED) is 0.782. The zero-order valence-electron chi connectivity index (χ0n) is 11.5. The summed E-state index contributed by atoms with van der Waals surface area (Å²) in [6, 6.07) is 6.81. The number of halogens is 3. The zero-order chi connectivity index (χ0) is 15.2. The van der Waals surface area contributed by atoms with Gasteiger partial charge >= 0.3 is 6.18 Å². The van der Waals surface area contributed by atoms with Crippen molar-refractivity contribution in [2.24, 2.45) is 0 Å². The highest BCUT2D eigenvalue weighted by molar-refractivity contribution is 5.28. The monoisotopic (exact) mass is 292 g/mol. The molecule has 114 valence electrons. The first-order valence-electron chi connectivity index (χ1n) is 6.37. The molecule has 0 radical (unpaired) electrons. The van der Waals surface area contributed by atoms with Crippen molar-refractivity contribution in [2.75, 3.05) is 13.2 Å². The molecule has 0 spiro atoms. The van der Waals surface area contributed by atoms with E-state index in [9.17, 15) is 18.3 Å². The van der Waals surface area contributed by atoms with Gasteiger partial charge in [-0.3, -0.25) is 0 Å². The number of hydrogen-bond acceptors (Lipinski definition) is 3. The minimum absolute atomic E-state index is 0.0570. The van der Waals surface area contributed by atoms with Gasteiger partial charge in [-0.05, 0) is 31.5 Å². The van der Waals surface area contributed by atoms with Crippen molar-refractivity contribution in [3.8, 4) is 5.75 Å². The first kappa shape index (κ1) is 16.8. The van der Waals surface area contributed by atoms with Crippen LogP contribution in [0.15, 0.2) is 24.3 Å². The van der Waals surface area contributed by atoms with Crippen molar-refractivity contribution in [1.82, 2.24) is 0 Å². The van der Waals surface area contributed by atoms with E-state index in [4.69, 9.17) is 4.74 Å². The summed E-state index contributed by atoms with van der Waals surface area (Å²) < 4.78 is 45.5. The lowest BCUT2D eigenvalue weighted by Crippen LogP contribution is -2.18. The Hall–Kier alpha value is -1.27. The van der Waals surface area contributed by atoms with Gasteiger partial charge in [0.15, 0.2) is 0 Å². The highest BCUT2D eigenvalue weighted by atomic mass is 19.4. The fourth-order valence-electron chi connectivity index (χ4n) is 1.59. The number of alkyl halides is 3. The number of ether oxygens (including phenoxy) is 2. The van der Waals surface area contributed by atoms with Crippen LogP contribution in [-0.4, -0.2) is 30.6 Å². The van der Waals surface area contributed by atoms with Gasteiger partial charge in [0.05, 0.1) is 12.2 Å². The second-order valence-electron chi connectivity index (χ2n) is 4.71. The molecule has 0 aliphatic heterocycles. The van der Waals surface area contributed by atoms with Crippen LogP contribution in [0.2, 0.25) is 0 Å². The molecule has 3 nitrogen and oxygen atoms in total. The van der Waals surface area contributed by atoms with Crippen LogP contribution < -0.4 is 4.74 Å². The average Bonchev–Trinajstić information content (AvgIpc) is 2.33. The van der Waals surface area contributed by atoms with Crippen molar-refractivity contribution in [1.29, 1.82) is 0 Å². The summed E-state index contributed by atoms with van der Waals surface area (Å²) in [5, 5.41) is 9.82. The Morgan fingerprint density at radius 2 is 1.75 bits per heavy atom. The topological polar surface area (TPSA) is 38.7 Å². The summed E-state index contributed by atoms with van der Waals surface area (Å²) in [6.45, 7) is 2.37. The summed E-state index contributed by atoms with van der Waals surface area (Å²) in [5.74, 6) is 0.685. The standard InChI is InChI=1S/C14H19F3O3/c1-10(2)20-12-5-3-11(4-6-12)13(18)7-8-19-9-14(15,16)17/h3-6,10,13,18H,7-9H2,1-2H3. The van der Waals surface area contributed by atoms with Crippen LogP contribution in [0, 0.1) is 0 Å². The van der Waals surface area contributed by atoms with E-state index >= 15 is 0 Å². The van der Waals surface area contributed by atoms with Gasteiger partial charge < -0.3 is 14.6 Å². The van der Waals surface area contributed by atoms with Crippen LogP contribution in [0.3, 0.4) is 0 Å². The Morgan fingerprint density at radius 1 is 1.15 bits per heavy atom. The molecule has 1 N–H and O–H groups in total. The van der Waals surface area contributed by atoms with E-state index < -0.39 is 18.9 Å². The van der Waals surface area contributed by atoms with E-state index in [1.165, 1.54) is 0 Å². The molecule has 1 aromatic rings. The Labute approximate surface area is 116 Å². The van der Waals surface area contributed by atoms with E-state index in [2.05, 4.69) is 4.74 Å². The maximum atomic E-state index is 11.9. The van der Waals surface area contributed by atoms with Gasteiger partial charge in [0.2, 0.25) is 0 Å². The molecule has 0 aliphatic carbocycles. The van der Waals surface area contributed by atoms with E-state index in [0.29, 0.717) is 11.3 Å². The van der Waals surface area contributed by atoms with E-state index in [-0.39, 0.29) is 19.1 Å². The normalized spacial score (nSPS) is 13.6. The molecule has 6 heteroatoms. The lowest BCUT2D eigenvalue weighted by atomic mass is 10.1. The third kappa shape index (κ3) is 6.77. The third-order valence-corrected chi connectivity index (χ3v) is 2.44. The fourth-order valence-corrected chi connectivity index (χ4v) is 1.59. The van der Waals surface area contributed by atoms with Gasteiger partial charge in [0, 0.05) is 13.0 Å². The van der Waals surface area contributed by atoms with Crippen molar-refractivity contribution in [2.45, 2.75) is 38.7 Å². The Balaban J connectivity index is 2.38. The molecule has 1 aromatic carbocycles. The first-order valence-corrected chi connectivity index (χ1v) is 6.37. The fraction of sp³-hybridized carbons (Fsp3) is 0.571. The lowest BCUT2D eigenvalue weighted by molar-refractivity contribution is -0.175. The molecule has 0 saturated heterocycles. The van der Waals surface area contributed by atoms with Crippen molar-refractivity contribution in [3.63, 3.8) is 0 Å². The number of rotatable bonds is 7. The minimum atomic E-state index is -4.33. The summed E-state index contributed by atoms with van der Waals surface area (Å²) in [7, 11) is 0. The highest BCUT2D eigenvalue weighted by Gasteiger charge is 2.27. The number of hydrogen-bond donors (Lipinski definition) is 1. The molecular formula is C14H19F3O3. The van der Waals surface area contributed by atoms with Crippen molar-refractivity contribution in [3.05, 3.63) is 29.8 Å². The molecule has 0 heterocycles. The molecule has 1 atom stereocenters. The van der Waals surface area contributed by atoms with Crippen LogP contribution in [0.1, 0.15) is 31.9 Å². The van der Waals surface area contributed by atoms with Crippen LogP contribution in [-0.2, 0) is 4.74 Å². The number of benzene rings is 1. The molecule has 0 aliphatic rings. The predicted molar refractivity (Wildman–Crippen MR) is 68.7 cm³/mol. The second-order valence-corrected chi connectivity index (χ2v) is 4.71. The summed E-state index contributed by atoms with van der Waals surface area (Å²) in [5.41, 5.74) is 0.622. The Kier molecular flexibility index (Phi) is 6.29. The molecule has 0 amide bonds. The maximum absolute atomic E-state index is 11.9. The van der Waals surface area contributed by atoms with Crippen molar-refractivity contribution < 1.29 is 27.8 Å². The van der Waals surface area contributed by atoms with E-state index in [1.54, 1.807) is 24.3 Å². The van der Waals surface area contributed by atoms with Gasteiger partial charge in [0.1, 0.15) is 12.4 Å². The smallest absolute Gasteiger partial charge is 0.411 e. The molecule has 0 fully saturated rings. The minimum Gasteiger partial charge on any atom is -0.491 e. The second kappa shape index (κ2) is 7.50. The van der Waals surface area contributed by atoms with Crippen LogP contribution in [0.4, 0.5) is 13.2 Å². The van der Waals surface area contributed by atoms with Gasteiger partial charge in [-0.25, -0.2) is 0 Å². The number of aliphatic hydroxyl groups is 1. The van der Waals surface area contributed by atoms with E-state index in [1.807, 2.05) is 13.8 Å². The number of aliphatic hydroxyl groups excluding tert-OH is 1. The Morgan fingerprint density at radius 3 is 2.25 bits per heavy atom. The summed E-state index contributed by atoms with van der Waals surface area (Å²) >= 11 is 0. The zero-order valence-corrected chi connectivity index (χ0v) is 11.5. The predicted octanol–water partition coefficient (Wildman–Crippen LogP) is 3.48. The molecule has 1 rings (SSSR count).